The van der Waals surface area contributed by atoms with Crippen LogP contribution in [0.5, 0.6) is 0 Å². The summed E-state index contributed by atoms with van der Waals surface area (Å²) in [4.78, 5) is 2.42. The number of anilines is 3. The van der Waals surface area contributed by atoms with Gasteiger partial charge in [0.15, 0.2) is 0 Å². The van der Waals surface area contributed by atoms with Gasteiger partial charge in [0.2, 0.25) is 0 Å². The first-order valence-corrected chi connectivity index (χ1v) is 21.4. The van der Waals surface area contributed by atoms with Crippen molar-refractivity contribution in [2.24, 2.45) is 0 Å². The Kier molecular flexibility index (Phi) is 8.11. The largest absolute Gasteiger partial charge is 0.310 e. The molecule has 0 spiro atoms. The summed E-state index contributed by atoms with van der Waals surface area (Å²) >= 11 is 1.88. The van der Waals surface area contributed by atoms with Crippen LogP contribution in [0.15, 0.2) is 224 Å². The molecule has 0 saturated carbocycles. The van der Waals surface area contributed by atoms with E-state index in [9.17, 15) is 0 Å². The molecular weight excluding hydrogens is 743 g/mol. The lowest BCUT2D eigenvalue weighted by Gasteiger charge is -2.27. The highest BCUT2D eigenvalue weighted by Gasteiger charge is 2.19. The Bertz CT molecular complexity index is 3620. The van der Waals surface area contributed by atoms with E-state index in [1.165, 1.54) is 96.6 Å². The number of rotatable bonds is 6. The zero-order valence-electron chi connectivity index (χ0n) is 32.7. The Morgan fingerprint density at radius 2 is 0.800 bits per heavy atom. The lowest BCUT2D eigenvalue weighted by molar-refractivity contribution is 1.28. The predicted molar refractivity (Wildman–Crippen MR) is 260 cm³/mol. The van der Waals surface area contributed by atoms with Crippen LogP contribution in [0, 0.1) is 0 Å². The monoisotopic (exact) mass is 779 g/mol. The molecule has 60 heavy (non-hydrogen) atoms. The van der Waals surface area contributed by atoms with E-state index in [2.05, 4.69) is 229 Å². The van der Waals surface area contributed by atoms with Crippen molar-refractivity contribution in [1.82, 2.24) is 0 Å². The summed E-state index contributed by atoms with van der Waals surface area (Å²) in [5, 5.41) is 12.8. The Balaban J connectivity index is 1.06. The fourth-order valence-electron chi connectivity index (χ4n) is 9.43. The van der Waals surface area contributed by atoms with E-state index in [-0.39, 0.29) is 0 Å². The van der Waals surface area contributed by atoms with E-state index >= 15 is 0 Å². The molecule has 0 fully saturated rings. The molecule has 0 N–H and O–H groups in total. The average Bonchev–Trinajstić information content (AvgIpc) is 3.71. The van der Waals surface area contributed by atoms with Crippen molar-refractivity contribution in [2.45, 2.75) is 0 Å². The van der Waals surface area contributed by atoms with E-state index in [1.54, 1.807) is 0 Å². The third-order valence-corrected chi connectivity index (χ3v) is 13.4. The molecule has 0 aliphatic heterocycles. The minimum Gasteiger partial charge on any atom is -0.310 e. The second kappa shape index (κ2) is 14.1. The SMILES string of the molecule is c1ccc(-c2cccc(N(c3cccc(-c4cc5ccc6ccc7ccccc7c6c5c5ccccc45)c3)c3cccc(-c4cccc5c4sc4ccccc45)c3)c2)cc1. The molecule has 1 heterocycles. The quantitative estimate of drug-likeness (QED) is 0.152. The van der Waals surface area contributed by atoms with Gasteiger partial charge in [0.1, 0.15) is 0 Å². The average molecular weight is 780 g/mol. The van der Waals surface area contributed by atoms with Crippen molar-refractivity contribution in [3.63, 3.8) is 0 Å². The zero-order valence-corrected chi connectivity index (χ0v) is 33.5. The molecule has 0 atom stereocenters. The molecule has 0 amide bonds. The number of benzene rings is 11. The van der Waals surface area contributed by atoms with Gasteiger partial charge in [-0.15, -0.1) is 11.3 Å². The second-order valence-corrected chi connectivity index (χ2v) is 16.7. The first-order chi connectivity index (χ1) is 29.7. The molecule has 0 unspecified atom stereocenters. The molecule has 280 valence electrons. The molecule has 12 aromatic rings. The van der Waals surface area contributed by atoms with E-state index < -0.39 is 0 Å². The number of nitrogens with zero attached hydrogens (tertiary/aromatic N) is 1. The van der Waals surface area contributed by atoms with Gasteiger partial charge < -0.3 is 4.90 Å². The van der Waals surface area contributed by atoms with Crippen LogP contribution in [0.1, 0.15) is 0 Å². The van der Waals surface area contributed by atoms with Crippen LogP contribution in [0.2, 0.25) is 0 Å². The second-order valence-electron chi connectivity index (χ2n) is 15.7. The van der Waals surface area contributed by atoms with Crippen LogP contribution >= 0.6 is 11.3 Å². The van der Waals surface area contributed by atoms with Gasteiger partial charge in [-0.3, -0.25) is 0 Å². The lowest BCUT2D eigenvalue weighted by Crippen LogP contribution is -2.10. The van der Waals surface area contributed by atoms with Crippen molar-refractivity contribution in [1.29, 1.82) is 0 Å². The molecule has 1 aromatic heterocycles. The van der Waals surface area contributed by atoms with E-state index in [0.29, 0.717) is 0 Å². The van der Waals surface area contributed by atoms with Gasteiger partial charge in [0, 0.05) is 37.2 Å². The van der Waals surface area contributed by atoms with Crippen LogP contribution in [0.4, 0.5) is 17.1 Å². The summed E-state index contributed by atoms with van der Waals surface area (Å²) in [5.74, 6) is 0. The first kappa shape index (κ1) is 34.5. The number of fused-ring (bicyclic) bond motifs is 10. The summed E-state index contributed by atoms with van der Waals surface area (Å²) < 4.78 is 2.63. The summed E-state index contributed by atoms with van der Waals surface area (Å²) in [6.07, 6.45) is 0. The van der Waals surface area contributed by atoms with E-state index in [1.807, 2.05) is 11.3 Å². The number of thiophene rings is 1. The van der Waals surface area contributed by atoms with Gasteiger partial charge in [-0.2, -0.15) is 0 Å². The van der Waals surface area contributed by atoms with Gasteiger partial charge >= 0.3 is 0 Å². The normalized spacial score (nSPS) is 11.7. The van der Waals surface area contributed by atoms with Crippen molar-refractivity contribution >= 4 is 91.7 Å². The van der Waals surface area contributed by atoms with Crippen molar-refractivity contribution in [3.8, 4) is 33.4 Å². The Morgan fingerprint density at radius 1 is 0.283 bits per heavy atom. The van der Waals surface area contributed by atoms with Gasteiger partial charge in [-0.05, 0) is 125 Å². The highest BCUT2D eigenvalue weighted by atomic mass is 32.1. The Labute approximate surface area is 352 Å². The van der Waals surface area contributed by atoms with Crippen molar-refractivity contribution < 1.29 is 0 Å². The third kappa shape index (κ3) is 5.68. The van der Waals surface area contributed by atoms with Crippen LogP contribution in [-0.4, -0.2) is 0 Å². The lowest BCUT2D eigenvalue weighted by atomic mass is 9.89. The number of hydrogen-bond donors (Lipinski definition) is 0. The minimum atomic E-state index is 1.10. The third-order valence-electron chi connectivity index (χ3n) is 12.2. The first-order valence-electron chi connectivity index (χ1n) is 20.6. The molecule has 0 bridgehead atoms. The summed E-state index contributed by atoms with van der Waals surface area (Å²) in [6.45, 7) is 0. The van der Waals surface area contributed by atoms with Gasteiger partial charge in [-0.25, -0.2) is 0 Å². The standard InChI is InChI=1S/C58H37NS/c1-2-14-38(15-3-1)41-17-10-20-45(34-41)59(46-21-11-18-42(35-46)49-27-13-28-53-51-25-8-9-29-55(51)60-58(49)53)47-22-12-19-43(36-47)54-37-44-33-32-40-31-30-39-16-4-5-23-48(39)56(40)57(44)52-26-7-6-24-50(52)54/h1-37H. The van der Waals surface area contributed by atoms with Gasteiger partial charge in [0.05, 0.1) is 0 Å². The molecule has 0 radical (unpaired) electrons. The fraction of sp³-hybridized carbons (Fsp3) is 0. The van der Waals surface area contributed by atoms with Crippen LogP contribution < -0.4 is 4.90 Å². The van der Waals surface area contributed by atoms with E-state index in [0.717, 1.165) is 17.1 Å². The molecule has 0 aliphatic rings. The molecular formula is C58H37NS. The fourth-order valence-corrected chi connectivity index (χ4v) is 10.7. The highest BCUT2D eigenvalue weighted by Crippen LogP contribution is 2.45. The maximum absolute atomic E-state index is 2.42. The minimum absolute atomic E-state index is 1.10. The molecule has 2 heteroatoms. The molecule has 0 aliphatic carbocycles. The van der Waals surface area contributed by atoms with Crippen LogP contribution in [0.25, 0.3) is 96.6 Å². The predicted octanol–water partition coefficient (Wildman–Crippen LogP) is 17.1. The Hall–Kier alpha value is -7.52. The Morgan fingerprint density at radius 3 is 1.57 bits per heavy atom. The van der Waals surface area contributed by atoms with Crippen molar-refractivity contribution in [2.75, 3.05) is 4.90 Å². The summed E-state index contributed by atoms with van der Waals surface area (Å²) in [7, 11) is 0. The number of hydrogen-bond acceptors (Lipinski definition) is 2. The van der Waals surface area contributed by atoms with E-state index in [4.69, 9.17) is 0 Å². The maximum Gasteiger partial charge on any atom is 0.0467 e. The van der Waals surface area contributed by atoms with Crippen LogP contribution in [0.3, 0.4) is 0 Å². The maximum atomic E-state index is 2.42. The molecule has 11 aromatic carbocycles. The topological polar surface area (TPSA) is 3.24 Å². The zero-order chi connectivity index (χ0) is 39.6. The smallest absolute Gasteiger partial charge is 0.0467 e. The molecule has 12 rings (SSSR count). The van der Waals surface area contributed by atoms with Gasteiger partial charge in [-0.1, -0.05) is 176 Å². The molecule has 1 nitrogen and oxygen atoms in total. The summed E-state index contributed by atoms with van der Waals surface area (Å²) in [6, 6.07) is 82.5. The van der Waals surface area contributed by atoms with Crippen LogP contribution in [-0.2, 0) is 0 Å². The van der Waals surface area contributed by atoms with Gasteiger partial charge in [0.25, 0.3) is 0 Å². The van der Waals surface area contributed by atoms with Crippen molar-refractivity contribution in [3.05, 3.63) is 224 Å². The molecule has 0 saturated heterocycles. The summed E-state index contributed by atoms with van der Waals surface area (Å²) in [5.41, 5.74) is 10.5. The highest BCUT2D eigenvalue weighted by molar-refractivity contribution is 7.26.